The van der Waals surface area contributed by atoms with Crippen LogP contribution in [0.3, 0.4) is 0 Å². The minimum Gasteiger partial charge on any atom is -0.494 e. The van der Waals surface area contributed by atoms with Gasteiger partial charge in [-0.3, -0.25) is 14.9 Å². The molecule has 4 aromatic rings. The number of fused-ring (bicyclic) bond motifs is 3. The standard InChI is InChI=1S/C24H20N4O5S2/c1-2-31-13-4-6-15-19(10-13)35-23(25-15)28-22(30)14-5-8-18-20(14)26-24(34-18)27-21(29)12-3-7-16-17(9-12)33-11-32-16/h3-4,6-7,9-10,14H,2,5,8,11H2,1H3,(H,25,28,30)(H,26,27,29). The van der Waals surface area contributed by atoms with Gasteiger partial charge in [0.05, 0.1) is 28.4 Å². The molecule has 2 aromatic carbocycles. The molecule has 0 saturated heterocycles. The van der Waals surface area contributed by atoms with Crippen molar-refractivity contribution in [2.75, 3.05) is 24.0 Å². The highest BCUT2D eigenvalue weighted by molar-refractivity contribution is 7.22. The Balaban J connectivity index is 1.15. The van der Waals surface area contributed by atoms with Gasteiger partial charge < -0.3 is 19.5 Å². The van der Waals surface area contributed by atoms with E-state index in [0.717, 1.165) is 27.3 Å². The Hall–Kier alpha value is -3.70. The number of nitrogens with one attached hydrogen (secondary N) is 2. The SMILES string of the molecule is CCOc1ccc2nc(NC(=O)C3CCc4sc(NC(=O)c5ccc6c(c5)OCO6)nc43)sc2c1. The molecule has 2 aliphatic rings. The molecule has 11 heteroatoms. The normalized spacial score (nSPS) is 15.7. The second-order valence-electron chi connectivity index (χ2n) is 8.01. The van der Waals surface area contributed by atoms with Gasteiger partial charge in [0, 0.05) is 10.4 Å². The van der Waals surface area contributed by atoms with Gasteiger partial charge in [0.1, 0.15) is 5.75 Å². The predicted molar refractivity (Wildman–Crippen MR) is 133 cm³/mol. The quantitative estimate of drug-likeness (QED) is 0.385. The monoisotopic (exact) mass is 508 g/mol. The molecule has 2 amide bonds. The van der Waals surface area contributed by atoms with Crippen LogP contribution >= 0.6 is 22.7 Å². The van der Waals surface area contributed by atoms with E-state index in [0.29, 0.717) is 46.0 Å². The Bertz CT molecular complexity index is 1460. The molecule has 0 spiro atoms. The van der Waals surface area contributed by atoms with Crippen molar-refractivity contribution in [3.05, 3.63) is 52.5 Å². The van der Waals surface area contributed by atoms with Crippen LogP contribution in [0.15, 0.2) is 36.4 Å². The minimum atomic E-state index is -0.386. The molecule has 0 saturated carbocycles. The molecule has 35 heavy (non-hydrogen) atoms. The first-order valence-electron chi connectivity index (χ1n) is 11.1. The highest BCUT2D eigenvalue weighted by Crippen LogP contribution is 2.40. The highest BCUT2D eigenvalue weighted by atomic mass is 32.1. The topological polar surface area (TPSA) is 112 Å². The number of nitrogens with zero attached hydrogens (tertiary/aromatic N) is 2. The molecule has 2 N–H and O–H groups in total. The maximum Gasteiger partial charge on any atom is 0.257 e. The van der Waals surface area contributed by atoms with Crippen LogP contribution in [-0.2, 0) is 11.2 Å². The number of carbonyl (C=O) groups excluding carboxylic acids is 2. The van der Waals surface area contributed by atoms with Gasteiger partial charge in [-0.1, -0.05) is 11.3 Å². The van der Waals surface area contributed by atoms with Gasteiger partial charge in [0.25, 0.3) is 5.91 Å². The predicted octanol–water partition coefficient (Wildman–Crippen LogP) is 4.80. The van der Waals surface area contributed by atoms with Crippen LogP contribution < -0.4 is 24.8 Å². The summed E-state index contributed by atoms with van der Waals surface area (Å²) in [5.74, 6) is 1.11. The maximum absolute atomic E-state index is 13.1. The van der Waals surface area contributed by atoms with Crippen molar-refractivity contribution in [2.24, 2.45) is 0 Å². The van der Waals surface area contributed by atoms with E-state index in [1.165, 1.54) is 22.7 Å². The van der Waals surface area contributed by atoms with Gasteiger partial charge in [0.2, 0.25) is 12.7 Å². The number of hydrogen-bond donors (Lipinski definition) is 2. The van der Waals surface area contributed by atoms with Gasteiger partial charge in [-0.15, -0.1) is 11.3 Å². The van der Waals surface area contributed by atoms with E-state index in [4.69, 9.17) is 14.2 Å². The van der Waals surface area contributed by atoms with Gasteiger partial charge >= 0.3 is 0 Å². The average molecular weight is 509 g/mol. The summed E-state index contributed by atoms with van der Waals surface area (Å²) in [6.07, 6.45) is 1.41. The van der Waals surface area contributed by atoms with Crippen LogP contribution in [0.1, 0.15) is 40.2 Å². The fourth-order valence-corrected chi connectivity index (χ4v) is 6.08. The zero-order valence-corrected chi connectivity index (χ0v) is 20.3. The molecule has 0 fully saturated rings. The molecule has 1 unspecified atom stereocenters. The van der Waals surface area contributed by atoms with Gasteiger partial charge in [-0.25, -0.2) is 9.97 Å². The third-order valence-corrected chi connectivity index (χ3v) is 7.77. The first-order valence-corrected chi connectivity index (χ1v) is 12.8. The number of hydrogen-bond acceptors (Lipinski definition) is 9. The third-order valence-electron chi connectivity index (χ3n) is 5.79. The van der Waals surface area contributed by atoms with Gasteiger partial charge in [-0.05, 0) is 56.2 Å². The lowest BCUT2D eigenvalue weighted by Gasteiger charge is -2.08. The van der Waals surface area contributed by atoms with E-state index >= 15 is 0 Å². The van der Waals surface area contributed by atoms with E-state index in [9.17, 15) is 9.59 Å². The van der Waals surface area contributed by atoms with Crippen LogP contribution in [-0.4, -0.2) is 35.2 Å². The zero-order chi connectivity index (χ0) is 23.9. The highest BCUT2D eigenvalue weighted by Gasteiger charge is 2.33. The van der Waals surface area contributed by atoms with E-state index < -0.39 is 0 Å². The number of amides is 2. The number of aromatic nitrogens is 2. The van der Waals surface area contributed by atoms with Crippen molar-refractivity contribution >= 4 is 55.0 Å². The molecule has 6 rings (SSSR count). The van der Waals surface area contributed by atoms with Gasteiger partial charge in [0.15, 0.2) is 21.8 Å². The molecule has 3 heterocycles. The lowest BCUT2D eigenvalue weighted by molar-refractivity contribution is -0.117. The Kier molecular flexibility index (Phi) is 5.50. The van der Waals surface area contributed by atoms with Crippen LogP contribution in [0.5, 0.6) is 17.2 Å². The minimum absolute atomic E-state index is 0.146. The van der Waals surface area contributed by atoms with Crippen molar-refractivity contribution in [2.45, 2.75) is 25.7 Å². The summed E-state index contributed by atoms with van der Waals surface area (Å²) in [5.41, 5.74) is 1.97. The maximum atomic E-state index is 13.1. The Morgan fingerprint density at radius 1 is 1.06 bits per heavy atom. The Morgan fingerprint density at radius 3 is 2.80 bits per heavy atom. The molecule has 0 radical (unpaired) electrons. The molecule has 2 aromatic heterocycles. The summed E-state index contributed by atoms with van der Waals surface area (Å²) in [4.78, 5) is 35.9. The molecule has 1 aliphatic heterocycles. The van der Waals surface area contributed by atoms with Crippen molar-refractivity contribution in [1.82, 2.24) is 9.97 Å². The summed E-state index contributed by atoms with van der Waals surface area (Å²) in [7, 11) is 0. The molecule has 178 valence electrons. The number of carbonyl (C=O) groups is 2. The number of aryl methyl sites for hydroxylation is 1. The average Bonchev–Trinajstić information content (AvgIpc) is 3.61. The van der Waals surface area contributed by atoms with Crippen LogP contribution in [0.2, 0.25) is 0 Å². The zero-order valence-electron chi connectivity index (χ0n) is 18.6. The Labute approximate surface area is 208 Å². The fraction of sp³-hybridized carbons (Fsp3) is 0.250. The number of benzene rings is 2. The van der Waals surface area contributed by atoms with Gasteiger partial charge in [-0.2, -0.15) is 0 Å². The molecule has 1 aliphatic carbocycles. The summed E-state index contributed by atoms with van der Waals surface area (Å²) in [6.45, 7) is 2.67. The summed E-state index contributed by atoms with van der Waals surface area (Å²) >= 11 is 2.81. The molecular formula is C24H20N4O5S2. The number of rotatable bonds is 6. The first-order chi connectivity index (χ1) is 17.1. The van der Waals surface area contributed by atoms with Crippen molar-refractivity contribution in [3.8, 4) is 17.2 Å². The Morgan fingerprint density at radius 2 is 1.91 bits per heavy atom. The summed E-state index contributed by atoms with van der Waals surface area (Å²) in [5, 5.41) is 6.80. The first kappa shape index (κ1) is 21.8. The van der Waals surface area contributed by atoms with Crippen molar-refractivity contribution in [3.63, 3.8) is 0 Å². The van der Waals surface area contributed by atoms with Crippen molar-refractivity contribution < 1.29 is 23.8 Å². The fourth-order valence-electron chi connectivity index (χ4n) is 4.15. The molecule has 0 bridgehead atoms. The largest absolute Gasteiger partial charge is 0.494 e. The van der Waals surface area contributed by atoms with Crippen LogP contribution in [0, 0.1) is 0 Å². The molecular weight excluding hydrogens is 488 g/mol. The summed E-state index contributed by atoms with van der Waals surface area (Å²) < 4.78 is 17.1. The third kappa shape index (κ3) is 4.17. The molecule has 9 nitrogen and oxygen atoms in total. The van der Waals surface area contributed by atoms with E-state index in [2.05, 4.69) is 20.6 Å². The van der Waals surface area contributed by atoms with Crippen LogP contribution in [0.25, 0.3) is 10.2 Å². The number of ether oxygens (including phenoxy) is 3. The van der Waals surface area contributed by atoms with Crippen molar-refractivity contribution in [1.29, 1.82) is 0 Å². The van der Waals surface area contributed by atoms with E-state index in [1.54, 1.807) is 18.2 Å². The number of anilines is 2. The lowest BCUT2D eigenvalue weighted by Crippen LogP contribution is -2.20. The number of thiazole rings is 2. The van der Waals surface area contributed by atoms with E-state index in [1.807, 2.05) is 25.1 Å². The second-order valence-corrected chi connectivity index (χ2v) is 10.1. The second kappa shape index (κ2) is 8.82. The van der Waals surface area contributed by atoms with Crippen LogP contribution in [0.4, 0.5) is 10.3 Å². The lowest BCUT2D eigenvalue weighted by atomic mass is 10.1. The smallest absolute Gasteiger partial charge is 0.257 e. The van der Waals surface area contributed by atoms with E-state index in [-0.39, 0.29) is 24.5 Å². The molecule has 1 atom stereocenters. The summed E-state index contributed by atoms with van der Waals surface area (Å²) in [6, 6.07) is 10.7.